The number of aromatic nitrogens is 3. The summed E-state index contributed by atoms with van der Waals surface area (Å²) in [6.45, 7) is 0. The van der Waals surface area contributed by atoms with Crippen LogP contribution in [-0.4, -0.2) is 32.7 Å². The molecule has 0 spiro atoms. The van der Waals surface area contributed by atoms with Crippen molar-refractivity contribution in [2.45, 2.75) is 6.18 Å². The number of carbonyl (C=O) groups excluding carboxylic acids is 2. The Hall–Kier alpha value is -4.41. The van der Waals surface area contributed by atoms with Crippen molar-refractivity contribution in [3.8, 4) is 17.4 Å². The molecule has 11 heteroatoms. The van der Waals surface area contributed by atoms with Gasteiger partial charge in [0.15, 0.2) is 5.65 Å². The van der Waals surface area contributed by atoms with E-state index >= 15 is 0 Å². The Balaban J connectivity index is 1.52. The maximum Gasteiger partial charge on any atom is 0.471 e. The lowest BCUT2D eigenvalue weighted by Crippen LogP contribution is -2.29. The van der Waals surface area contributed by atoms with Crippen LogP contribution in [-0.2, 0) is 4.79 Å². The SMILES string of the molecule is O=C(Oc1ccccc1)n1ccc2c(Oc3ccc(NC(=O)C(F)(F)F)cc3)ncnc21. The Morgan fingerprint density at radius 1 is 0.906 bits per heavy atom. The molecule has 32 heavy (non-hydrogen) atoms. The highest BCUT2D eigenvalue weighted by molar-refractivity contribution is 5.95. The molecule has 4 rings (SSSR count). The summed E-state index contributed by atoms with van der Waals surface area (Å²) in [4.78, 5) is 31.6. The standard InChI is InChI=1S/C21H13F3N4O4/c22-21(23,24)19(29)27-13-6-8-15(9-7-13)31-18-16-10-11-28(17(16)25-12-26-18)20(30)32-14-4-2-1-3-5-14/h1-12H,(H,27,29). The van der Waals surface area contributed by atoms with E-state index in [0.717, 1.165) is 0 Å². The lowest BCUT2D eigenvalue weighted by molar-refractivity contribution is -0.167. The third-order valence-corrected chi connectivity index (χ3v) is 4.17. The monoisotopic (exact) mass is 442 g/mol. The van der Waals surface area contributed by atoms with Gasteiger partial charge in [-0.3, -0.25) is 4.79 Å². The first-order valence-electron chi connectivity index (χ1n) is 9.06. The van der Waals surface area contributed by atoms with E-state index in [1.165, 1.54) is 41.4 Å². The minimum atomic E-state index is -4.99. The van der Waals surface area contributed by atoms with Gasteiger partial charge in [0.1, 0.15) is 17.8 Å². The van der Waals surface area contributed by atoms with Crippen molar-refractivity contribution in [2.24, 2.45) is 0 Å². The van der Waals surface area contributed by atoms with Crippen LogP contribution in [0.4, 0.5) is 23.7 Å². The summed E-state index contributed by atoms with van der Waals surface area (Å²) in [6.07, 6.45) is -3.02. The number of anilines is 1. The van der Waals surface area contributed by atoms with Gasteiger partial charge < -0.3 is 14.8 Å². The molecule has 1 amide bonds. The van der Waals surface area contributed by atoms with Crippen molar-refractivity contribution < 1.29 is 32.2 Å². The van der Waals surface area contributed by atoms with Crippen LogP contribution in [0.5, 0.6) is 17.4 Å². The number of nitrogens with one attached hydrogen (secondary N) is 1. The van der Waals surface area contributed by atoms with Crippen molar-refractivity contribution in [2.75, 3.05) is 5.32 Å². The fraction of sp³-hybridized carbons (Fsp3) is 0.0476. The Morgan fingerprint density at radius 2 is 1.62 bits per heavy atom. The van der Waals surface area contributed by atoms with E-state index in [-0.39, 0.29) is 23.0 Å². The summed E-state index contributed by atoms with van der Waals surface area (Å²) in [5.74, 6) is -1.35. The van der Waals surface area contributed by atoms with Gasteiger partial charge in [-0.25, -0.2) is 19.3 Å². The van der Waals surface area contributed by atoms with Crippen LogP contribution < -0.4 is 14.8 Å². The number of rotatable bonds is 4. The molecule has 0 bridgehead atoms. The molecule has 8 nitrogen and oxygen atoms in total. The number of fused-ring (bicyclic) bond motifs is 1. The molecule has 0 fully saturated rings. The van der Waals surface area contributed by atoms with Crippen molar-refractivity contribution >= 4 is 28.7 Å². The van der Waals surface area contributed by atoms with Crippen LogP contribution in [0.3, 0.4) is 0 Å². The molecule has 1 N–H and O–H groups in total. The Kier molecular flexibility index (Phi) is 5.46. The number of halogens is 3. The molecule has 0 aliphatic rings. The number of benzene rings is 2. The summed E-state index contributed by atoms with van der Waals surface area (Å²) in [5.41, 5.74) is 0.187. The molecule has 2 aromatic heterocycles. The van der Waals surface area contributed by atoms with E-state index < -0.39 is 18.2 Å². The van der Waals surface area contributed by atoms with Crippen molar-refractivity contribution in [1.82, 2.24) is 14.5 Å². The maximum atomic E-state index is 12.5. The number of para-hydroxylation sites is 1. The zero-order valence-corrected chi connectivity index (χ0v) is 16.0. The molecule has 0 saturated carbocycles. The van der Waals surface area contributed by atoms with Gasteiger partial charge in [0.25, 0.3) is 0 Å². The van der Waals surface area contributed by atoms with E-state index in [1.807, 2.05) is 0 Å². The van der Waals surface area contributed by atoms with E-state index in [0.29, 0.717) is 11.1 Å². The van der Waals surface area contributed by atoms with Crippen LogP contribution in [0.15, 0.2) is 73.2 Å². The quantitative estimate of drug-likeness (QED) is 0.489. The van der Waals surface area contributed by atoms with E-state index in [9.17, 15) is 22.8 Å². The number of hydrogen-bond acceptors (Lipinski definition) is 6. The minimum Gasteiger partial charge on any atom is -0.438 e. The van der Waals surface area contributed by atoms with Gasteiger partial charge in [0.2, 0.25) is 5.88 Å². The number of amides is 1. The third-order valence-electron chi connectivity index (χ3n) is 4.17. The molecule has 4 aromatic rings. The highest BCUT2D eigenvalue weighted by atomic mass is 19.4. The van der Waals surface area contributed by atoms with Gasteiger partial charge in [-0.15, -0.1) is 0 Å². The second-order valence-electron chi connectivity index (χ2n) is 6.36. The first-order valence-corrected chi connectivity index (χ1v) is 9.06. The topological polar surface area (TPSA) is 95.3 Å². The molecular formula is C21H13F3N4O4. The van der Waals surface area contributed by atoms with Crippen LogP contribution in [0.2, 0.25) is 0 Å². The minimum absolute atomic E-state index is 0.0534. The summed E-state index contributed by atoms with van der Waals surface area (Å²) < 4.78 is 49.2. The Bertz CT molecular complexity index is 1270. The molecule has 0 atom stereocenters. The molecule has 162 valence electrons. The first kappa shape index (κ1) is 20.8. The molecule has 2 aromatic carbocycles. The average Bonchev–Trinajstić information content (AvgIpc) is 3.20. The van der Waals surface area contributed by atoms with Gasteiger partial charge in [-0.1, -0.05) is 18.2 Å². The van der Waals surface area contributed by atoms with E-state index in [1.54, 1.807) is 41.7 Å². The van der Waals surface area contributed by atoms with Crippen LogP contribution in [0.1, 0.15) is 0 Å². The zero-order valence-electron chi connectivity index (χ0n) is 16.0. The van der Waals surface area contributed by atoms with Gasteiger partial charge >= 0.3 is 18.2 Å². The normalized spacial score (nSPS) is 11.2. The predicted molar refractivity (Wildman–Crippen MR) is 107 cm³/mol. The zero-order chi connectivity index (χ0) is 22.7. The summed E-state index contributed by atoms with van der Waals surface area (Å²) in [5, 5.41) is 2.15. The molecule has 0 saturated heterocycles. The number of hydrogen-bond donors (Lipinski definition) is 1. The molecule has 0 aliphatic carbocycles. The van der Waals surface area contributed by atoms with Gasteiger partial charge in [0.05, 0.1) is 5.39 Å². The van der Waals surface area contributed by atoms with Crippen molar-refractivity contribution in [3.05, 3.63) is 73.2 Å². The van der Waals surface area contributed by atoms with E-state index in [2.05, 4.69) is 9.97 Å². The van der Waals surface area contributed by atoms with Crippen LogP contribution >= 0.6 is 0 Å². The number of ether oxygens (including phenoxy) is 2. The maximum absolute atomic E-state index is 12.5. The highest BCUT2D eigenvalue weighted by Gasteiger charge is 2.38. The van der Waals surface area contributed by atoms with Crippen molar-refractivity contribution in [1.29, 1.82) is 0 Å². The third kappa shape index (κ3) is 4.51. The largest absolute Gasteiger partial charge is 0.471 e. The van der Waals surface area contributed by atoms with E-state index in [4.69, 9.17) is 9.47 Å². The fourth-order valence-corrected chi connectivity index (χ4v) is 2.72. The Labute approximate surface area is 178 Å². The molecular weight excluding hydrogens is 429 g/mol. The van der Waals surface area contributed by atoms with Gasteiger partial charge in [-0.2, -0.15) is 13.2 Å². The summed E-state index contributed by atoms with van der Waals surface area (Å²) >= 11 is 0. The van der Waals surface area contributed by atoms with Crippen LogP contribution in [0, 0.1) is 0 Å². The van der Waals surface area contributed by atoms with Gasteiger partial charge in [0, 0.05) is 11.9 Å². The predicted octanol–water partition coefficient (Wildman–Crippen LogP) is 4.77. The second-order valence-corrected chi connectivity index (χ2v) is 6.36. The first-order chi connectivity index (χ1) is 15.3. The Morgan fingerprint density at radius 3 is 2.31 bits per heavy atom. The number of alkyl halides is 3. The summed E-state index contributed by atoms with van der Waals surface area (Å²) in [6, 6.07) is 15.3. The van der Waals surface area contributed by atoms with Crippen molar-refractivity contribution in [3.63, 3.8) is 0 Å². The fourth-order valence-electron chi connectivity index (χ4n) is 2.72. The molecule has 0 aliphatic heterocycles. The summed E-state index contributed by atoms with van der Waals surface area (Å²) in [7, 11) is 0. The van der Waals surface area contributed by atoms with Gasteiger partial charge in [-0.05, 0) is 42.5 Å². The smallest absolute Gasteiger partial charge is 0.438 e. The van der Waals surface area contributed by atoms with Crippen LogP contribution in [0.25, 0.3) is 11.0 Å². The average molecular weight is 442 g/mol. The molecule has 0 radical (unpaired) electrons. The lowest BCUT2D eigenvalue weighted by atomic mass is 10.3. The number of carbonyl (C=O) groups is 2. The molecule has 2 heterocycles. The highest BCUT2D eigenvalue weighted by Crippen LogP contribution is 2.28. The lowest BCUT2D eigenvalue weighted by Gasteiger charge is -2.09. The number of nitrogens with zero attached hydrogens (tertiary/aromatic N) is 3. The molecule has 0 unspecified atom stereocenters. The second kappa shape index (κ2) is 8.38.